The van der Waals surface area contributed by atoms with Crippen molar-refractivity contribution in [1.82, 2.24) is 15.3 Å². The molecule has 0 bridgehead atoms. The minimum atomic E-state index is -0.543. The van der Waals surface area contributed by atoms with Crippen LogP contribution in [0.1, 0.15) is 13.8 Å². The van der Waals surface area contributed by atoms with Crippen LogP contribution in [0.4, 0.5) is 5.95 Å². The molecule has 0 saturated carbocycles. The van der Waals surface area contributed by atoms with E-state index in [1.54, 1.807) is 13.2 Å². The lowest BCUT2D eigenvalue weighted by Gasteiger charge is -2.22. The molecule has 1 rings (SSSR count). The van der Waals surface area contributed by atoms with Crippen molar-refractivity contribution in [2.24, 2.45) is 5.41 Å². The molecule has 1 aromatic heterocycles. The molecule has 0 atom stereocenters. The molecule has 0 saturated heterocycles. The van der Waals surface area contributed by atoms with Crippen LogP contribution >= 0.6 is 15.9 Å². The fourth-order valence-corrected chi connectivity index (χ4v) is 1.65. The molecule has 1 heterocycles. The van der Waals surface area contributed by atoms with Gasteiger partial charge in [-0.15, -0.1) is 0 Å². The minimum Gasteiger partial charge on any atom is -0.480 e. The van der Waals surface area contributed by atoms with Gasteiger partial charge in [-0.2, -0.15) is 4.98 Å². The molecular weight excluding hydrogens is 300 g/mol. The Kier molecular flexibility index (Phi) is 4.89. The third-order valence-corrected chi connectivity index (χ3v) is 2.98. The number of amides is 1. The number of nitrogens with zero attached hydrogens (tertiary/aromatic N) is 2. The van der Waals surface area contributed by atoms with Gasteiger partial charge in [0.2, 0.25) is 17.7 Å². The predicted octanol–water partition coefficient (Wildman–Crippen LogP) is 1.43. The lowest BCUT2D eigenvalue weighted by Crippen LogP contribution is -2.39. The SMILES string of the molecule is CNC(=O)C(C)(C)CNc1ncc(Br)c(OC)n1. The van der Waals surface area contributed by atoms with Crippen LogP contribution in [0, 0.1) is 5.41 Å². The lowest BCUT2D eigenvalue weighted by molar-refractivity contribution is -0.128. The number of hydrogen-bond acceptors (Lipinski definition) is 5. The Hall–Kier alpha value is -1.37. The first-order valence-corrected chi connectivity index (χ1v) is 6.22. The van der Waals surface area contributed by atoms with Gasteiger partial charge >= 0.3 is 0 Å². The third kappa shape index (κ3) is 3.56. The topological polar surface area (TPSA) is 76.1 Å². The molecule has 0 aromatic carbocycles. The first-order chi connectivity index (χ1) is 8.40. The Bertz CT molecular complexity index is 437. The maximum Gasteiger partial charge on any atom is 0.232 e. The quantitative estimate of drug-likeness (QED) is 0.859. The summed E-state index contributed by atoms with van der Waals surface area (Å²) in [5, 5.41) is 5.64. The number of hydrogen-bond donors (Lipinski definition) is 2. The van der Waals surface area contributed by atoms with Crippen molar-refractivity contribution in [3.8, 4) is 5.88 Å². The average molecular weight is 317 g/mol. The van der Waals surface area contributed by atoms with Crippen molar-refractivity contribution in [1.29, 1.82) is 0 Å². The first-order valence-electron chi connectivity index (χ1n) is 5.43. The van der Waals surface area contributed by atoms with E-state index in [0.717, 1.165) is 0 Å². The van der Waals surface area contributed by atoms with Crippen molar-refractivity contribution in [2.75, 3.05) is 26.0 Å². The molecule has 0 aliphatic carbocycles. The van der Waals surface area contributed by atoms with E-state index in [0.29, 0.717) is 22.8 Å². The van der Waals surface area contributed by atoms with E-state index in [1.165, 1.54) is 7.11 Å². The van der Waals surface area contributed by atoms with Crippen LogP contribution in [-0.2, 0) is 4.79 Å². The van der Waals surface area contributed by atoms with Crippen molar-refractivity contribution in [2.45, 2.75) is 13.8 Å². The molecule has 1 amide bonds. The summed E-state index contributed by atoms with van der Waals surface area (Å²) in [5.41, 5.74) is -0.543. The van der Waals surface area contributed by atoms with Gasteiger partial charge in [0.15, 0.2) is 0 Å². The van der Waals surface area contributed by atoms with E-state index in [2.05, 4.69) is 36.5 Å². The van der Waals surface area contributed by atoms with Gasteiger partial charge in [-0.1, -0.05) is 0 Å². The van der Waals surface area contributed by atoms with Gasteiger partial charge in [0.25, 0.3) is 0 Å². The minimum absolute atomic E-state index is 0.0425. The zero-order valence-corrected chi connectivity index (χ0v) is 12.5. The highest BCUT2D eigenvalue weighted by atomic mass is 79.9. The molecule has 0 aliphatic heterocycles. The summed E-state index contributed by atoms with van der Waals surface area (Å²) >= 11 is 3.27. The Morgan fingerprint density at radius 2 is 2.22 bits per heavy atom. The first kappa shape index (κ1) is 14.7. The molecule has 2 N–H and O–H groups in total. The summed E-state index contributed by atoms with van der Waals surface area (Å²) in [4.78, 5) is 19.9. The van der Waals surface area contributed by atoms with Crippen LogP contribution in [0.3, 0.4) is 0 Å². The number of rotatable bonds is 5. The normalized spacial score (nSPS) is 10.9. The molecule has 1 aromatic rings. The highest BCUT2D eigenvalue weighted by molar-refractivity contribution is 9.10. The summed E-state index contributed by atoms with van der Waals surface area (Å²) in [6.45, 7) is 4.11. The second-order valence-corrected chi connectivity index (χ2v) is 5.22. The smallest absolute Gasteiger partial charge is 0.232 e. The number of carbonyl (C=O) groups is 1. The lowest BCUT2D eigenvalue weighted by atomic mass is 9.92. The standard InChI is InChI=1S/C11H17BrN4O2/c1-11(2,9(17)13-3)6-15-10-14-5-7(12)8(16-10)18-4/h5H,6H2,1-4H3,(H,13,17)(H,14,15,16). The van der Waals surface area contributed by atoms with Crippen LogP contribution < -0.4 is 15.4 Å². The molecule has 6 nitrogen and oxygen atoms in total. The van der Waals surface area contributed by atoms with E-state index in [9.17, 15) is 4.79 Å². The highest BCUT2D eigenvalue weighted by Crippen LogP contribution is 2.22. The van der Waals surface area contributed by atoms with Crippen LogP contribution in [-0.4, -0.2) is 36.6 Å². The van der Waals surface area contributed by atoms with Crippen LogP contribution in [0.25, 0.3) is 0 Å². The zero-order chi connectivity index (χ0) is 13.8. The monoisotopic (exact) mass is 316 g/mol. The third-order valence-electron chi connectivity index (χ3n) is 2.44. The molecule has 0 fully saturated rings. The number of methoxy groups -OCH3 is 1. The summed E-state index contributed by atoms with van der Waals surface area (Å²) in [5.74, 6) is 0.830. The van der Waals surface area contributed by atoms with Crippen molar-refractivity contribution < 1.29 is 9.53 Å². The van der Waals surface area contributed by atoms with E-state index < -0.39 is 5.41 Å². The Labute approximate surface area is 115 Å². The maximum atomic E-state index is 11.6. The molecule has 0 spiro atoms. The van der Waals surface area contributed by atoms with E-state index in [4.69, 9.17) is 4.74 Å². The van der Waals surface area contributed by atoms with Gasteiger partial charge in [0.1, 0.15) is 0 Å². The molecular formula is C11H17BrN4O2. The number of ether oxygens (including phenoxy) is 1. The molecule has 0 radical (unpaired) electrons. The second-order valence-electron chi connectivity index (χ2n) is 4.37. The van der Waals surface area contributed by atoms with Gasteiger partial charge in [0, 0.05) is 13.6 Å². The Morgan fingerprint density at radius 1 is 1.56 bits per heavy atom. The number of anilines is 1. The molecule has 100 valence electrons. The fraction of sp³-hybridized carbons (Fsp3) is 0.545. The van der Waals surface area contributed by atoms with Crippen LogP contribution in [0.5, 0.6) is 5.88 Å². The fourth-order valence-electron chi connectivity index (χ4n) is 1.30. The van der Waals surface area contributed by atoms with Crippen LogP contribution in [0.2, 0.25) is 0 Å². The van der Waals surface area contributed by atoms with Gasteiger partial charge in [0.05, 0.1) is 23.2 Å². The molecule has 0 unspecified atom stereocenters. The van der Waals surface area contributed by atoms with Crippen molar-refractivity contribution >= 4 is 27.8 Å². The van der Waals surface area contributed by atoms with Gasteiger partial charge in [-0.3, -0.25) is 4.79 Å². The Morgan fingerprint density at radius 3 is 2.78 bits per heavy atom. The molecule has 7 heteroatoms. The second kappa shape index (κ2) is 5.99. The van der Waals surface area contributed by atoms with Crippen molar-refractivity contribution in [3.05, 3.63) is 10.7 Å². The number of nitrogens with one attached hydrogen (secondary N) is 2. The summed E-state index contributed by atoms with van der Waals surface area (Å²) in [7, 11) is 3.15. The van der Waals surface area contributed by atoms with Gasteiger partial charge in [-0.05, 0) is 29.8 Å². The molecule has 0 aliphatic rings. The number of carbonyl (C=O) groups excluding carboxylic acids is 1. The van der Waals surface area contributed by atoms with Gasteiger partial charge < -0.3 is 15.4 Å². The Balaban J connectivity index is 2.72. The number of halogens is 1. The van der Waals surface area contributed by atoms with E-state index in [-0.39, 0.29) is 5.91 Å². The maximum absolute atomic E-state index is 11.6. The van der Waals surface area contributed by atoms with E-state index in [1.807, 2.05) is 13.8 Å². The van der Waals surface area contributed by atoms with Crippen LogP contribution in [0.15, 0.2) is 10.7 Å². The summed E-state index contributed by atoms with van der Waals surface area (Å²) in [6.07, 6.45) is 1.60. The largest absolute Gasteiger partial charge is 0.480 e. The zero-order valence-electron chi connectivity index (χ0n) is 10.9. The molecule has 18 heavy (non-hydrogen) atoms. The summed E-state index contributed by atoms with van der Waals surface area (Å²) < 4.78 is 5.75. The highest BCUT2D eigenvalue weighted by Gasteiger charge is 2.26. The van der Waals surface area contributed by atoms with E-state index >= 15 is 0 Å². The predicted molar refractivity (Wildman–Crippen MR) is 72.6 cm³/mol. The van der Waals surface area contributed by atoms with Crippen molar-refractivity contribution in [3.63, 3.8) is 0 Å². The number of aromatic nitrogens is 2. The average Bonchev–Trinajstić information content (AvgIpc) is 2.36. The van der Waals surface area contributed by atoms with Gasteiger partial charge in [-0.25, -0.2) is 4.98 Å². The summed E-state index contributed by atoms with van der Waals surface area (Å²) in [6, 6.07) is 0.